The summed E-state index contributed by atoms with van der Waals surface area (Å²) in [5, 5.41) is 9.20. The minimum absolute atomic E-state index is 0.154. The molecule has 1 rings (SSSR count). The molecule has 6 heteroatoms. The second-order valence-electron chi connectivity index (χ2n) is 6.19. The van der Waals surface area contributed by atoms with Crippen LogP contribution in [0.1, 0.15) is 32.3 Å². The average molecular weight is 327 g/mol. The molecule has 0 aliphatic rings. The monoisotopic (exact) mass is 327 g/mol. The first-order valence-corrected chi connectivity index (χ1v) is 9.47. The zero-order valence-electron chi connectivity index (χ0n) is 13.2. The van der Waals surface area contributed by atoms with E-state index in [2.05, 4.69) is 0 Å². The fraction of sp³-hybridized carbons (Fsp3) is 0.562. The summed E-state index contributed by atoms with van der Waals surface area (Å²) in [6.45, 7) is 3.79. The quantitative estimate of drug-likeness (QED) is 0.605. The SMILES string of the molecule is CC(C)C[C@H](CP(=O)(O)[C@@H](N)CCc1ccccc1)C(=O)O. The third-order valence-electron chi connectivity index (χ3n) is 3.68. The first kappa shape index (κ1) is 18.9. The number of hydrogen-bond donors (Lipinski definition) is 3. The van der Waals surface area contributed by atoms with Crippen molar-refractivity contribution in [2.75, 3.05) is 6.16 Å². The number of hydrogen-bond acceptors (Lipinski definition) is 3. The predicted octanol–water partition coefficient (Wildman–Crippen LogP) is 2.92. The number of nitrogens with two attached hydrogens (primary N) is 1. The van der Waals surface area contributed by atoms with Crippen molar-refractivity contribution in [3.63, 3.8) is 0 Å². The van der Waals surface area contributed by atoms with E-state index >= 15 is 0 Å². The van der Waals surface area contributed by atoms with Crippen LogP contribution in [0.15, 0.2) is 30.3 Å². The second kappa shape index (κ2) is 8.47. The van der Waals surface area contributed by atoms with Crippen LogP contribution in [0.3, 0.4) is 0 Å². The maximum atomic E-state index is 12.4. The number of aliphatic carboxylic acids is 1. The standard InChI is InChI=1S/C16H26NO4P/c1-12(2)10-14(16(18)19)11-22(20,21)15(17)9-8-13-6-4-3-5-7-13/h3-7,12,14-15H,8-11,17H2,1-2H3,(H,18,19)(H,20,21)/t14-,15-/m1/s1. The number of carboxylic acid groups (broad SMARTS) is 1. The molecule has 1 aromatic rings. The van der Waals surface area contributed by atoms with Crippen molar-refractivity contribution in [1.82, 2.24) is 0 Å². The van der Waals surface area contributed by atoms with E-state index in [0.29, 0.717) is 19.3 Å². The summed E-state index contributed by atoms with van der Waals surface area (Å²) in [4.78, 5) is 21.4. The van der Waals surface area contributed by atoms with E-state index in [9.17, 15) is 19.4 Å². The minimum atomic E-state index is -3.69. The van der Waals surface area contributed by atoms with Crippen molar-refractivity contribution in [2.45, 2.75) is 38.9 Å². The highest BCUT2D eigenvalue weighted by Gasteiger charge is 2.34. The fourth-order valence-electron chi connectivity index (χ4n) is 2.43. The third-order valence-corrected chi connectivity index (χ3v) is 5.94. The van der Waals surface area contributed by atoms with Crippen LogP contribution >= 0.6 is 7.37 Å². The van der Waals surface area contributed by atoms with Crippen molar-refractivity contribution in [3.05, 3.63) is 35.9 Å². The van der Waals surface area contributed by atoms with E-state index in [0.717, 1.165) is 5.56 Å². The molecule has 0 aliphatic heterocycles. The first-order chi connectivity index (χ1) is 10.2. The van der Waals surface area contributed by atoms with Gasteiger partial charge in [0.25, 0.3) is 0 Å². The molecule has 0 aromatic heterocycles. The van der Waals surface area contributed by atoms with Crippen molar-refractivity contribution in [3.8, 4) is 0 Å². The summed E-state index contributed by atoms with van der Waals surface area (Å²) in [5.41, 5.74) is 6.92. The van der Waals surface area contributed by atoms with Gasteiger partial charge in [-0.15, -0.1) is 0 Å². The van der Waals surface area contributed by atoms with Crippen LogP contribution in [0.25, 0.3) is 0 Å². The largest absolute Gasteiger partial charge is 0.481 e. The third kappa shape index (κ3) is 6.30. The van der Waals surface area contributed by atoms with Gasteiger partial charge in [-0.2, -0.15) is 0 Å². The molecule has 0 spiro atoms. The van der Waals surface area contributed by atoms with Crippen molar-refractivity contribution in [2.24, 2.45) is 17.6 Å². The molecule has 0 saturated carbocycles. The molecule has 5 nitrogen and oxygen atoms in total. The fourth-order valence-corrected chi connectivity index (χ4v) is 4.17. The molecule has 124 valence electrons. The molecule has 0 bridgehead atoms. The lowest BCUT2D eigenvalue weighted by Gasteiger charge is -2.23. The maximum Gasteiger partial charge on any atom is 0.307 e. The van der Waals surface area contributed by atoms with Gasteiger partial charge in [-0.3, -0.25) is 9.36 Å². The highest BCUT2D eigenvalue weighted by Crippen LogP contribution is 2.48. The first-order valence-electron chi connectivity index (χ1n) is 7.56. The van der Waals surface area contributed by atoms with E-state index < -0.39 is 25.0 Å². The summed E-state index contributed by atoms with van der Waals surface area (Å²) in [7, 11) is -3.69. The Kier molecular flexibility index (Phi) is 7.27. The molecular formula is C16H26NO4P. The van der Waals surface area contributed by atoms with Gasteiger partial charge < -0.3 is 15.7 Å². The van der Waals surface area contributed by atoms with Crippen molar-refractivity contribution >= 4 is 13.3 Å². The van der Waals surface area contributed by atoms with Crippen LogP contribution < -0.4 is 5.73 Å². The minimum Gasteiger partial charge on any atom is -0.481 e. The number of carboxylic acids is 1. The van der Waals surface area contributed by atoms with Crippen LogP contribution in [0, 0.1) is 11.8 Å². The van der Waals surface area contributed by atoms with Crippen LogP contribution in [0.2, 0.25) is 0 Å². The number of carbonyl (C=O) groups is 1. The number of benzene rings is 1. The molecule has 22 heavy (non-hydrogen) atoms. The van der Waals surface area contributed by atoms with Gasteiger partial charge >= 0.3 is 5.97 Å². The average Bonchev–Trinajstić information content (AvgIpc) is 2.44. The molecule has 0 saturated heterocycles. The lowest BCUT2D eigenvalue weighted by atomic mass is 9.99. The summed E-state index contributed by atoms with van der Waals surface area (Å²) in [5.74, 6) is -2.58. The van der Waals surface area contributed by atoms with Crippen LogP contribution in [0.4, 0.5) is 0 Å². The lowest BCUT2D eigenvalue weighted by Crippen LogP contribution is -2.28. The van der Waals surface area contributed by atoms with Gasteiger partial charge in [-0.05, 0) is 30.7 Å². The summed E-state index contributed by atoms with van der Waals surface area (Å²) >= 11 is 0. The Morgan fingerprint density at radius 1 is 1.27 bits per heavy atom. The Morgan fingerprint density at radius 2 is 1.86 bits per heavy atom. The Morgan fingerprint density at radius 3 is 2.36 bits per heavy atom. The van der Waals surface area contributed by atoms with Gasteiger partial charge in [-0.1, -0.05) is 44.2 Å². The van der Waals surface area contributed by atoms with Gasteiger partial charge in [0.2, 0.25) is 7.37 Å². The smallest absolute Gasteiger partial charge is 0.307 e. The summed E-state index contributed by atoms with van der Waals surface area (Å²) in [6, 6.07) is 9.59. The Balaban J connectivity index is 2.63. The molecule has 0 heterocycles. The highest BCUT2D eigenvalue weighted by atomic mass is 31.2. The van der Waals surface area contributed by atoms with E-state index in [-0.39, 0.29) is 12.1 Å². The molecule has 3 atom stereocenters. The molecule has 0 radical (unpaired) electrons. The molecule has 1 aromatic carbocycles. The molecule has 0 aliphatic carbocycles. The van der Waals surface area contributed by atoms with E-state index in [1.54, 1.807) is 0 Å². The number of rotatable bonds is 9. The van der Waals surface area contributed by atoms with Gasteiger partial charge in [0.05, 0.1) is 11.7 Å². The molecule has 1 unspecified atom stereocenters. The lowest BCUT2D eigenvalue weighted by molar-refractivity contribution is -0.141. The zero-order valence-corrected chi connectivity index (χ0v) is 14.1. The molecular weight excluding hydrogens is 301 g/mol. The van der Waals surface area contributed by atoms with Gasteiger partial charge in [0, 0.05) is 6.16 Å². The van der Waals surface area contributed by atoms with Crippen LogP contribution in [-0.2, 0) is 15.8 Å². The molecule has 4 N–H and O–H groups in total. The summed E-state index contributed by atoms with van der Waals surface area (Å²) in [6.07, 6.45) is 1.10. The summed E-state index contributed by atoms with van der Waals surface area (Å²) < 4.78 is 12.4. The Labute approximate surface area is 132 Å². The van der Waals surface area contributed by atoms with Gasteiger partial charge in [0.15, 0.2) is 0 Å². The van der Waals surface area contributed by atoms with Gasteiger partial charge in [0.1, 0.15) is 0 Å². The van der Waals surface area contributed by atoms with Crippen molar-refractivity contribution in [1.29, 1.82) is 0 Å². The second-order valence-corrected chi connectivity index (χ2v) is 8.73. The van der Waals surface area contributed by atoms with Crippen LogP contribution in [0.5, 0.6) is 0 Å². The normalized spacial score (nSPS) is 17.0. The molecule has 0 amide bonds. The van der Waals surface area contributed by atoms with Crippen LogP contribution in [-0.4, -0.2) is 27.9 Å². The maximum absolute atomic E-state index is 12.4. The molecule has 0 fully saturated rings. The van der Waals surface area contributed by atoms with E-state index in [1.807, 2.05) is 44.2 Å². The zero-order chi connectivity index (χ0) is 16.8. The van der Waals surface area contributed by atoms with Gasteiger partial charge in [-0.25, -0.2) is 0 Å². The predicted molar refractivity (Wildman–Crippen MR) is 88.0 cm³/mol. The Bertz CT molecular complexity index is 518. The number of aryl methyl sites for hydroxylation is 1. The highest BCUT2D eigenvalue weighted by molar-refractivity contribution is 7.58. The van der Waals surface area contributed by atoms with E-state index in [1.165, 1.54) is 0 Å². The van der Waals surface area contributed by atoms with E-state index in [4.69, 9.17) is 5.73 Å². The Hall–Kier alpha value is -1.16. The topological polar surface area (TPSA) is 101 Å². The van der Waals surface area contributed by atoms with Crippen molar-refractivity contribution < 1.29 is 19.4 Å².